The van der Waals surface area contributed by atoms with E-state index in [2.05, 4.69) is 12.2 Å². The van der Waals surface area contributed by atoms with Crippen molar-refractivity contribution < 1.29 is 9.53 Å². The molecule has 0 aliphatic carbocycles. The highest BCUT2D eigenvalue weighted by atomic mass is 16.5. The van der Waals surface area contributed by atoms with E-state index in [1.54, 1.807) is 0 Å². The van der Waals surface area contributed by atoms with Gasteiger partial charge in [0.1, 0.15) is 5.75 Å². The maximum Gasteiger partial charge on any atom is 0.261 e. The zero-order valence-electron chi connectivity index (χ0n) is 10.7. The summed E-state index contributed by atoms with van der Waals surface area (Å²) in [5, 5.41) is 2.86. The molecule has 1 aliphatic rings. The Kier molecular flexibility index (Phi) is 4.20. The summed E-state index contributed by atoms with van der Waals surface area (Å²) < 4.78 is 5.61. The zero-order valence-corrected chi connectivity index (χ0v) is 10.7. The molecule has 0 aromatic heterocycles. The van der Waals surface area contributed by atoms with Gasteiger partial charge in [-0.05, 0) is 18.1 Å². The number of carbonyl (C=O) groups excluding carboxylic acids is 1. The van der Waals surface area contributed by atoms with Gasteiger partial charge in [0, 0.05) is 19.0 Å². The number of hydrogen-bond acceptors (Lipinski definition) is 3. The minimum atomic E-state index is -0.406. The normalized spacial score (nSPS) is 18.9. The van der Waals surface area contributed by atoms with Crippen LogP contribution in [0.5, 0.6) is 5.75 Å². The summed E-state index contributed by atoms with van der Waals surface area (Å²) in [6.45, 7) is 2.60. The van der Waals surface area contributed by atoms with Gasteiger partial charge in [-0.15, -0.1) is 0 Å². The van der Waals surface area contributed by atoms with Crippen molar-refractivity contribution in [2.75, 3.05) is 6.54 Å². The molecule has 1 aromatic carbocycles. The molecule has 18 heavy (non-hydrogen) atoms. The number of carbonyl (C=O) groups is 1. The van der Waals surface area contributed by atoms with Crippen molar-refractivity contribution in [2.24, 2.45) is 5.73 Å². The molecule has 4 heteroatoms. The van der Waals surface area contributed by atoms with Gasteiger partial charge in [0.05, 0.1) is 0 Å². The van der Waals surface area contributed by atoms with Crippen LogP contribution in [0.1, 0.15) is 25.3 Å². The molecule has 1 aromatic rings. The topological polar surface area (TPSA) is 64.3 Å². The van der Waals surface area contributed by atoms with Crippen molar-refractivity contribution in [3.05, 3.63) is 29.8 Å². The summed E-state index contributed by atoms with van der Waals surface area (Å²) in [6, 6.07) is 7.79. The summed E-state index contributed by atoms with van der Waals surface area (Å²) >= 11 is 0. The SMILES string of the molecule is CCCC(N)CNC(=O)C1Cc2ccccc2O1. The monoisotopic (exact) mass is 248 g/mol. The standard InChI is InChI=1S/C14H20N2O2/c1-2-5-11(15)9-16-14(17)13-8-10-6-3-4-7-12(10)18-13/h3-4,6-7,11,13H,2,5,8-9,15H2,1H3,(H,16,17). The number of nitrogens with two attached hydrogens (primary N) is 1. The third-order valence-electron chi connectivity index (χ3n) is 3.14. The lowest BCUT2D eigenvalue weighted by molar-refractivity contribution is -0.127. The summed E-state index contributed by atoms with van der Waals surface area (Å²) in [7, 11) is 0. The second-order valence-corrected chi connectivity index (χ2v) is 4.71. The fourth-order valence-electron chi connectivity index (χ4n) is 2.15. The number of rotatable bonds is 5. The molecule has 0 bridgehead atoms. The molecule has 1 heterocycles. The highest BCUT2D eigenvalue weighted by molar-refractivity contribution is 5.82. The Balaban J connectivity index is 1.82. The Morgan fingerprint density at radius 2 is 2.33 bits per heavy atom. The van der Waals surface area contributed by atoms with E-state index in [-0.39, 0.29) is 11.9 Å². The van der Waals surface area contributed by atoms with Crippen molar-refractivity contribution >= 4 is 5.91 Å². The number of nitrogens with one attached hydrogen (secondary N) is 1. The van der Waals surface area contributed by atoms with Crippen LogP contribution in [-0.4, -0.2) is 24.6 Å². The van der Waals surface area contributed by atoms with Crippen molar-refractivity contribution in [3.63, 3.8) is 0 Å². The average Bonchev–Trinajstić information content (AvgIpc) is 2.80. The van der Waals surface area contributed by atoms with Crippen LogP contribution in [0.25, 0.3) is 0 Å². The molecular formula is C14H20N2O2. The van der Waals surface area contributed by atoms with E-state index in [1.807, 2.05) is 24.3 Å². The van der Waals surface area contributed by atoms with Gasteiger partial charge in [-0.3, -0.25) is 4.79 Å². The minimum absolute atomic E-state index is 0.0303. The van der Waals surface area contributed by atoms with Gasteiger partial charge in [0.25, 0.3) is 5.91 Å². The van der Waals surface area contributed by atoms with E-state index in [0.717, 1.165) is 24.2 Å². The van der Waals surface area contributed by atoms with Gasteiger partial charge in [-0.25, -0.2) is 0 Å². The molecule has 2 atom stereocenters. The molecule has 98 valence electrons. The third kappa shape index (κ3) is 3.01. The third-order valence-corrected chi connectivity index (χ3v) is 3.14. The number of para-hydroxylation sites is 1. The predicted octanol–water partition coefficient (Wildman–Crippen LogP) is 1.23. The minimum Gasteiger partial charge on any atom is -0.480 e. The molecule has 2 rings (SSSR count). The highest BCUT2D eigenvalue weighted by Crippen LogP contribution is 2.27. The van der Waals surface area contributed by atoms with E-state index in [9.17, 15) is 4.79 Å². The fraction of sp³-hybridized carbons (Fsp3) is 0.500. The Morgan fingerprint density at radius 1 is 1.56 bits per heavy atom. The number of hydrogen-bond donors (Lipinski definition) is 2. The molecule has 1 aliphatic heterocycles. The Hall–Kier alpha value is -1.55. The first-order valence-electron chi connectivity index (χ1n) is 6.48. The van der Waals surface area contributed by atoms with Gasteiger partial charge in [-0.2, -0.15) is 0 Å². The van der Waals surface area contributed by atoms with Crippen LogP contribution in [0.4, 0.5) is 0 Å². The van der Waals surface area contributed by atoms with Crippen molar-refractivity contribution in [1.82, 2.24) is 5.32 Å². The predicted molar refractivity (Wildman–Crippen MR) is 70.5 cm³/mol. The molecule has 3 N–H and O–H groups in total. The second kappa shape index (κ2) is 5.87. The number of benzene rings is 1. The van der Waals surface area contributed by atoms with Gasteiger partial charge >= 0.3 is 0 Å². The van der Waals surface area contributed by atoms with Crippen molar-refractivity contribution in [1.29, 1.82) is 0 Å². The van der Waals surface area contributed by atoms with Gasteiger partial charge < -0.3 is 15.8 Å². The van der Waals surface area contributed by atoms with E-state index in [4.69, 9.17) is 10.5 Å². The molecule has 0 saturated heterocycles. The van der Waals surface area contributed by atoms with Crippen LogP contribution in [0.2, 0.25) is 0 Å². The number of fused-ring (bicyclic) bond motifs is 1. The maximum atomic E-state index is 11.9. The first kappa shape index (κ1) is 12.9. The number of amides is 1. The molecular weight excluding hydrogens is 228 g/mol. The summed E-state index contributed by atoms with van der Waals surface area (Å²) in [5.41, 5.74) is 6.95. The Labute approximate surface area is 108 Å². The molecule has 4 nitrogen and oxygen atoms in total. The average molecular weight is 248 g/mol. The van der Waals surface area contributed by atoms with Crippen LogP contribution >= 0.6 is 0 Å². The van der Waals surface area contributed by atoms with Gasteiger partial charge in [0.2, 0.25) is 0 Å². The highest BCUT2D eigenvalue weighted by Gasteiger charge is 2.28. The lowest BCUT2D eigenvalue weighted by Gasteiger charge is -2.14. The van der Waals surface area contributed by atoms with Crippen LogP contribution in [-0.2, 0) is 11.2 Å². The van der Waals surface area contributed by atoms with Gasteiger partial charge in [0.15, 0.2) is 6.10 Å². The molecule has 0 saturated carbocycles. The summed E-state index contributed by atoms with van der Waals surface area (Å²) in [4.78, 5) is 11.9. The summed E-state index contributed by atoms with van der Waals surface area (Å²) in [6.07, 6.45) is 2.19. The first-order chi connectivity index (χ1) is 8.70. The van der Waals surface area contributed by atoms with Crippen molar-refractivity contribution in [3.8, 4) is 5.75 Å². The lowest BCUT2D eigenvalue weighted by atomic mass is 10.1. The molecule has 0 spiro atoms. The molecule has 2 unspecified atom stereocenters. The van der Waals surface area contributed by atoms with E-state index >= 15 is 0 Å². The number of ether oxygens (including phenoxy) is 1. The van der Waals surface area contributed by atoms with E-state index in [1.165, 1.54) is 0 Å². The smallest absolute Gasteiger partial charge is 0.261 e. The molecule has 0 radical (unpaired) electrons. The van der Waals surface area contributed by atoms with Gasteiger partial charge in [-0.1, -0.05) is 31.5 Å². The quantitative estimate of drug-likeness (QED) is 0.824. The molecule has 0 fully saturated rings. The first-order valence-corrected chi connectivity index (χ1v) is 6.48. The summed E-state index contributed by atoms with van der Waals surface area (Å²) in [5.74, 6) is 0.744. The fourth-order valence-corrected chi connectivity index (χ4v) is 2.15. The lowest BCUT2D eigenvalue weighted by Crippen LogP contribution is -2.43. The zero-order chi connectivity index (χ0) is 13.0. The largest absolute Gasteiger partial charge is 0.480 e. The van der Waals surface area contributed by atoms with E-state index < -0.39 is 6.10 Å². The molecule has 1 amide bonds. The van der Waals surface area contributed by atoms with Crippen LogP contribution < -0.4 is 15.8 Å². The maximum absolute atomic E-state index is 11.9. The van der Waals surface area contributed by atoms with Crippen LogP contribution in [0, 0.1) is 0 Å². The Morgan fingerprint density at radius 3 is 3.06 bits per heavy atom. The van der Waals surface area contributed by atoms with E-state index in [0.29, 0.717) is 13.0 Å². The van der Waals surface area contributed by atoms with Crippen molar-refractivity contribution in [2.45, 2.75) is 38.3 Å². The second-order valence-electron chi connectivity index (χ2n) is 4.71. The van der Waals surface area contributed by atoms with Crippen LogP contribution in [0.15, 0.2) is 24.3 Å². The van der Waals surface area contributed by atoms with Crippen LogP contribution in [0.3, 0.4) is 0 Å². The Bertz CT molecular complexity index is 395.